The molecule has 0 amide bonds. The van der Waals surface area contributed by atoms with Crippen LogP contribution in [0.3, 0.4) is 0 Å². The van der Waals surface area contributed by atoms with Crippen molar-refractivity contribution in [1.29, 1.82) is 0 Å². The third kappa shape index (κ3) is 4.22. The number of aliphatic hydroxyl groups is 3. The van der Waals surface area contributed by atoms with Gasteiger partial charge in [0.25, 0.3) is 0 Å². The van der Waals surface area contributed by atoms with E-state index in [1.54, 1.807) is 0 Å². The third-order valence-corrected chi connectivity index (χ3v) is 2.47. The summed E-state index contributed by atoms with van der Waals surface area (Å²) < 4.78 is 0. The first kappa shape index (κ1) is 13.6. The quantitative estimate of drug-likeness (QED) is 0.410. The van der Waals surface area contributed by atoms with Gasteiger partial charge in [-0.2, -0.15) is 0 Å². The summed E-state index contributed by atoms with van der Waals surface area (Å²) in [5, 5.41) is 28.5. The van der Waals surface area contributed by atoms with E-state index in [1.807, 2.05) is 0 Å². The van der Waals surface area contributed by atoms with Gasteiger partial charge in [0.2, 0.25) is 0 Å². The largest absolute Gasteiger partial charge is 0.393 e. The number of rotatable bonds is 8. The van der Waals surface area contributed by atoms with Crippen LogP contribution < -0.4 is 0 Å². The summed E-state index contributed by atoms with van der Waals surface area (Å²) in [6, 6.07) is 0. The summed E-state index contributed by atoms with van der Waals surface area (Å²) in [6.45, 7) is 5.14. The first-order valence-corrected chi connectivity index (χ1v) is 5.23. The maximum Gasteiger partial charge on any atom is 0.117 e. The van der Waals surface area contributed by atoms with Crippen molar-refractivity contribution in [3.63, 3.8) is 0 Å². The van der Waals surface area contributed by atoms with Crippen molar-refractivity contribution in [3.05, 3.63) is 12.7 Å². The van der Waals surface area contributed by atoms with Crippen molar-refractivity contribution in [2.24, 2.45) is 0 Å². The molecule has 0 fully saturated rings. The second-order valence-electron chi connectivity index (χ2n) is 3.77. The molecule has 2 unspecified atom stereocenters. The summed E-state index contributed by atoms with van der Waals surface area (Å²) in [7, 11) is 0. The van der Waals surface area contributed by atoms with Crippen molar-refractivity contribution in [1.82, 2.24) is 0 Å². The molecule has 3 N–H and O–H groups in total. The second kappa shape index (κ2) is 6.98. The Morgan fingerprint density at radius 3 is 2.50 bits per heavy atom. The first-order valence-electron chi connectivity index (χ1n) is 5.23. The van der Waals surface area contributed by atoms with Gasteiger partial charge in [0.05, 0.1) is 12.7 Å². The van der Waals surface area contributed by atoms with Crippen LogP contribution in [0.4, 0.5) is 0 Å². The van der Waals surface area contributed by atoms with Gasteiger partial charge in [-0.05, 0) is 12.8 Å². The smallest absolute Gasteiger partial charge is 0.117 e. The lowest BCUT2D eigenvalue weighted by Crippen LogP contribution is -2.45. The molecule has 0 aliphatic rings. The minimum atomic E-state index is -1.41. The zero-order valence-corrected chi connectivity index (χ0v) is 8.95. The fraction of sp³-hybridized carbons (Fsp3) is 0.818. The minimum absolute atomic E-state index is 0.219. The van der Waals surface area contributed by atoms with Crippen LogP contribution in [0, 0.1) is 0 Å². The van der Waals surface area contributed by atoms with Crippen LogP contribution in [0.25, 0.3) is 0 Å². The van der Waals surface area contributed by atoms with Crippen molar-refractivity contribution < 1.29 is 15.3 Å². The van der Waals surface area contributed by atoms with Gasteiger partial charge in [-0.3, -0.25) is 0 Å². The zero-order valence-electron chi connectivity index (χ0n) is 8.95. The van der Waals surface area contributed by atoms with Gasteiger partial charge in [0.15, 0.2) is 0 Å². The molecule has 0 spiro atoms. The highest BCUT2D eigenvalue weighted by Crippen LogP contribution is 2.20. The van der Waals surface area contributed by atoms with Gasteiger partial charge < -0.3 is 15.3 Å². The van der Waals surface area contributed by atoms with Gasteiger partial charge in [-0.1, -0.05) is 32.3 Å². The fourth-order valence-corrected chi connectivity index (χ4v) is 1.41. The van der Waals surface area contributed by atoms with E-state index in [-0.39, 0.29) is 6.42 Å². The number of aliphatic hydroxyl groups excluding tert-OH is 2. The molecule has 0 saturated heterocycles. The Morgan fingerprint density at radius 2 is 2.07 bits per heavy atom. The molecule has 0 heterocycles. The van der Waals surface area contributed by atoms with Crippen LogP contribution in [0.2, 0.25) is 0 Å². The molecule has 0 saturated carbocycles. The first-order chi connectivity index (χ1) is 6.60. The molecule has 0 aromatic heterocycles. The van der Waals surface area contributed by atoms with Crippen LogP contribution >= 0.6 is 0 Å². The molecule has 0 bridgehead atoms. The molecular formula is C11H22O3. The molecule has 0 aromatic carbocycles. The summed E-state index contributed by atoms with van der Waals surface area (Å²) in [5.41, 5.74) is -1.41. The zero-order chi connectivity index (χ0) is 11.0. The second-order valence-corrected chi connectivity index (χ2v) is 3.77. The summed E-state index contributed by atoms with van der Waals surface area (Å²) in [4.78, 5) is 0. The standard InChI is InChI=1S/C11H22O3/c1-3-5-6-7-10(13)11(14,9-12)8-4-2/h4,10,12-14H,2-3,5-9H2,1H3. The maximum atomic E-state index is 9.82. The normalized spacial score (nSPS) is 17.4. The molecule has 3 heteroatoms. The molecule has 84 valence electrons. The van der Waals surface area contributed by atoms with Gasteiger partial charge in [-0.25, -0.2) is 0 Å². The van der Waals surface area contributed by atoms with Gasteiger partial charge in [0, 0.05) is 0 Å². The molecule has 0 aromatic rings. The number of hydrogen-bond acceptors (Lipinski definition) is 3. The summed E-state index contributed by atoms with van der Waals surface area (Å²) >= 11 is 0. The Morgan fingerprint density at radius 1 is 1.43 bits per heavy atom. The molecule has 2 atom stereocenters. The van der Waals surface area contributed by atoms with Crippen LogP contribution in [0.1, 0.15) is 39.0 Å². The highest BCUT2D eigenvalue weighted by atomic mass is 16.4. The molecular weight excluding hydrogens is 180 g/mol. The van der Waals surface area contributed by atoms with Crippen LogP contribution in [0.5, 0.6) is 0 Å². The van der Waals surface area contributed by atoms with Gasteiger partial charge >= 0.3 is 0 Å². The van der Waals surface area contributed by atoms with Gasteiger partial charge in [0.1, 0.15) is 5.60 Å². The molecule has 14 heavy (non-hydrogen) atoms. The van der Waals surface area contributed by atoms with E-state index >= 15 is 0 Å². The minimum Gasteiger partial charge on any atom is -0.393 e. The number of hydrogen-bond donors (Lipinski definition) is 3. The molecule has 0 radical (unpaired) electrons. The van der Waals surface area contributed by atoms with Crippen LogP contribution in [-0.4, -0.2) is 33.6 Å². The summed E-state index contributed by atoms with van der Waals surface area (Å²) in [5.74, 6) is 0. The van der Waals surface area contributed by atoms with E-state index in [0.29, 0.717) is 6.42 Å². The average molecular weight is 202 g/mol. The van der Waals surface area contributed by atoms with Crippen molar-refractivity contribution in [3.8, 4) is 0 Å². The lowest BCUT2D eigenvalue weighted by Gasteiger charge is -2.30. The highest BCUT2D eigenvalue weighted by Gasteiger charge is 2.32. The maximum absolute atomic E-state index is 9.82. The van der Waals surface area contributed by atoms with E-state index in [0.717, 1.165) is 19.3 Å². The van der Waals surface area contributed by atoms with E-state index in [9.17, 15) is 10.2 Å². The number of unbranched alkanes of at least 4 members (excludes halogenated alkanes) is 2. The SMILES string of the molecule is C=CCC(O)(CO)C(O)CCCCC. The predicted molar refractivity (Wildman–Crippen MR) is 57.0 cm³/mol. The predicted octanol–water partition coefficient (Wildman–Crippen LogP) is 1.23. The van der Waals surface area contributed by atoms with E-state index in [4.69, 9.17) is 5.11 Å². The van der Waals surface area contributed by atoms with Crippen molar-refractivity contribution >= 4 is 0 Å². The molecule has 0 aliphatic carbocycles. The van der Waals surface area contributed by atoms with E-state index in [2.05, 4.69) is 13.5 Å². The molecule has 3 nitrogen and oxygen atoms in total. The van der Waals surface area contributed by atoms with Crippen molar-refractivity contribution in [2.75, 3.05) is 6.61 Å². The van der Waals surface area contributed by atoms with Gasteiger partial charge in [-0.15, -0.1) is 6.58 Å². The van der Waals surface area contributed by atoms with E-state index < -0.39 is 18.3 Å². The Kier molecular flexibility index (Phi) is 6.79. The lowest BCUT2D eigenvalue weighted by molar-refractivity contribution is -0.106. The molecule has 0 rings (SSSR count). The fourth-order valence-electron chi connectivity index (χ4n) is 1.41. The third-order valence-electron chi connectivity index (χ3n) is 2.47. The Hall–Kier alpha value is -0.380. The van der Waals surface area contributed by atoms with Crippen LogP contribution in [0.15, 0.2) is 12.7 Å². The van der Waals surface area contributed by atoms with Crippen LogP contribution in [-0.2, 0) is 0 Å². The monoisotopic (exact) mass is 202 g/mol. The molecule has 0 aliphatic heterocycles. The van der Waals surface area contributed by atoms with E-state index in [1.165, 1.54) is 6.08 Å². The Labute approximate surface area is 86.1 Å². The van der Waals surface area contributed by atoms with Crippen molar-refractivity contribution in [2.45, 2.75) is 50.7 Å². The Bertz CT molecular complexity index is 159. The summed E-state index contributed by atoms with van der Waals surface area (Å²) in [6.07, 6.45) is 4.38. The topological polar surface area (TPSA) is 60.7 Å². The highest BCUT2D eigenvalue weighted by molar-refractivity contribution is 4.91. The Balaban J connectivity index is 4.01. The lowest BCUT2D eigenvalue weighted by atomic mass is 9.90. The average Bonchev–Trinajstić information content (AvgIpc) is 2.18.